The first-order chi connectivity index (χ1) is 11.6. The van der Waals surface area contributed by atoms with Gasteiger partial charge in [-0.1, -0.05) is 17.7 Å². The third-order valence-electron chi connectivity index (χ3n) is 3.27. The molecule has 1 saturated carbocycles. The lowest BCUT2D eigenvalue weighted by Gasteiger charge is -2.18. The summed E-state index contributed by atoms with van der Waals surface area (Å²) >= 11 is 3.72. The van der Waals surface area contributed by atoms with Crippen LogP contribution < -0.4 is 5.73 Å². The van der Waals surface area contributed by atoms with Gasteiger partial charge in [0.1, 0.15) is 5.82 Å². The molecule has 0 bridgehead atoms. The Balaban J connectivity index is 0.000000521. The van der Waals surface area contributed by atoms with Gasteiger partial charge in [0.25, 0.3) is 0 Å². The zero-order valence-corrected chi connectivity index (χ0v) is 16.9. The lowest BCUT2D eigenvalue weighted by Crippen LogP contribution is -2.17. The minimum Gasteiger partial charge on any atom is -0.379 e. The molecule has 128 valence electrons. The number of alkyl halides is 1. The number of benzene rings is 1. The number of hydrogen-bond donors (Lipinski definition) is 1. The van der Waals surface area contributed by atoms with Crippen molar-refractivity contribution < 1.29 is 8.78 Å². The molecule has 0 saturated heterocycles. The van der Waals surface area contributed by atoms with Gasteiger partial charge in [-0.15, -0.1) is 0 Å². The Labute approximate surface area is 161 Å². The van der Waals surface area contributed by atoms with Gasteiger partial charge in [0.15, 0.2) is 5.17 Å². The van der Waals surface area contributed by atoms with E-state index in [0.717, 1.165) is 12.0 Å². The van der Waals surface area contributed by atoms with Crippen LogP contribution in [0.25, 0.3) is 0 Å². The topological polar surface area (TPSA) is 62.2 Å². The maximum atomic E-state index is 14.0. The molecule has 1 aromatic carbocycles. The lowest BCUT2D eigenvalue weighted by atomic mass is 10.00. The summed E-state index contributed by atoms with van der Waals surface area (Å²) in [6, 6.07) is 6.60. The van der Waals surface area contributed by atoms with Crippen LogP contribution in [0.3, 0.4) is 0 Å². The number of nitrogens with zero attached hydrogens (tertiary/aromatic N) is 2. The van der Waals surface area contributed by atoms with Crippen LogP contribution in [0, 0.1) is 34.2 Å². The molecule has 0 spiro atoms. The first kappa shape index (κ1) is 21.1. The highest BCUT2D eigenvalue weighted by molar-refractivity contribution is 14.2. The van der Waals surface area contributed by atoms with Crippen molar-refractivity contribution in [2.24, 2.45) is 16.6 Å². The standard InChI is InChI=1S/C13H10FIN2S2.C2H3N.CH3F/c14-10-2-1-7(3-4-18-15)5-8(10)12-9-6-11(9)19-13(16)17-12;1-2-3;1-2/h1-2,5,9,11-12H,6H2,(H2,16,17);1H3;1H3. The Hall–Kier alpha value is -0.970. The summed E-state index contributed by atoms with van der Waals surface area (Å²) in [7, 11) is 1.92. The van der Waals surface area contributed by atoms with Gasteiger partial charge in [-0.3, -0.25) is 9.38 Å². The summed E-state index contributed by atoms with van der Waals surface area (Å²) in [5.41, 5.74) is 7.26. The van der Waals surface area contributed by atoms with E-state index in [1.54, 1.807) is 23.9 Å². The van der Waals surface area contributed by atoms with Crippen LogP contribution in [0.1, 0.15) is 30.5 Å². The van der Waals surface area contributed by atoms with Gasteiger partial charge in [0.05, 0.1) is 19.3 Å². The van der Waals surface area contributed by atoms with Gasteiger partial charge in [0, 0.05) is 44.5 Å². The highest BCUT2D eigenvalue weighted by Gasteiger charge is 2.48. The number of thioether (sulfide) groups is 1. The van der Waals surface area contributed by atoms with Crippen molar-refractivity contribution in [2.75, 3.05) is 7.18 Å². The minimum absolute atomic E-state index is 0.139. The monoisotopic (exact) mass is 479 g/mol. The second-order valence-corrected chi connectivity index (χ2v) is 7.67. The van der Waals surface area contributed by atoms with E-state index in [1.165, 1.54) is 21.9 Å². The molecule has 8 heteroatoms. The van der Waals surface area contributed by atoms with E-state index in [0.29, 0.717) is 29.1 Å². The molecule has 3 unspecified atom stereocenters. The molecule has 2 N–H and O–H groups in total. The Morgan fingerprint density at radius 2 is 2.12 bits per heavy atom. The zero-order valence-electron chi connectivity index (χ0n) is 13.1. The van der Waals surface area contributed by atoms with Crippen LogP contribution in [0.2, 0.25) is 0 Å². The molecule has 1 aliphatic heterocycles. The molecule has 0 radical (unpaired) electrons. The summed E-state index contributed by atoms with van der Waals surface area (Å²) < 4.78 is 23.5. The third kappa shape index (κ3) is 5.83. The number of fused-ring (bicyclic) bond motifs is 1. The van der Waals surface area contributed by atoms with Gasteiger partial charge in [-0.25, -0.2) is 4.39 Å². The predicted molar refractivity (Wildman–Crippen MR) is 107 cm³/mol. The quantitative estimate of drug-likeness (QED) is 0.463. The van der Waals surface area contributed by atoms with E-state index in [2.05, 4.69) is 37.4 Å². The SMILES string of the molecule is CC#N.CF.NC1=NC(c2cc(C#CSI)ccc2F)C2CC2S1. The van der Waals surface area contributed by atoms with Gasteiger partial charge >= 0.3 is 0 Å². The zero-order chi connectivity index (χ0) is 18.1. The van der Waals surface area contributed by atoms with E-state index >= 15 is 0 Å². The summed E-state index contributed by atoms with van der Waals surface area (Å²) in [6.45, 7) is 1.43. The van der Waals surface area contributed by atoms with Crippen LogP contribution in [0.5, 0.6) is 0 Å². The summed E-state index contributed by atoms with van der Waals surface area (Å²) in [5, 5.41) is 11.3. The molecule has 3 nitrogen and oxygen atoms in total. The Morgan fingerprint density at radius 3 is 2.75 bits per heavy atom. The van der Waals surface area contributed by atoms with E-state index < -0.39 is 0 Å². The largest absolute Gasteiger partial charge is 0.379 e. The molecule has 1 heterocycles. The van der Waals surface area contributed by atoms with Gasteiger partial charge in [0.2, 0.25) is 0 Å². The summed E-state index contributed by atoms with van der Waals surface area (Å²) in [4.78, 5) is 4.42. The molecule has 0 amide bonds. The molecular weight excluding hydrogens is 463 g/mol. The van der Waals surface area contributed by atoms with E-state index in [-0.39, 0.29) is 11.9 Å². The molecule has 24 heavy (non-hydrogen) atoms. The summed E-state index contributed by atoms with van der Waals surface area (Å²) in [5.74, 6) is 3.20. The molecule has 3 rings (SSSR count). The molecule has 1 aliphatic carbocycles. The fourth-order valence-corrected chi connectivity index (χ4v) is 3.92. The Kier molecular flexibility index (Phi) is 9.49. The van der Waals surface area contributed by atoms with Crippen LogP contribution in [0.15, 0.2) is 23.2 Å². The van der Waals surface area contributed by atoms with Crippen LogP contribution in [-0.2, 0) is 0 Å². The number of rotatable bonds is 1. The third-order valence-corrected chi connectivity index (χ3v) is 5.30. The fraction of sp³-hybridized carbons (Fsp3) is 0.375. The number of aliphatic imine (C=N–C) groups is 1. The van der Waals surface area contributed by atoms with Crippen LogP contribution in [-0.4, -0.2) is 17.6 Å². The highest BCUT2D eigenvalue weighted by atomic mass is 127. The molecule has 1 fully saturated rings. The number of nitriles is 1. The predicted octanol–water partition coefficient (Wildman–Crippen LogP) is 4.82. The molecule has 1 aromatic rings. The molecular formula is C16H16F2IN3S2. The number of halogens is 3. The lowest BCUT2D eigenvalue weighted by molar-refractivity contribution is 0.555. The maximum absolute atomic E-state index is 14.0. The highest BCUT2D eigenvalue weighted by Crippen LogP contribution is 2.54. The minimum atomic E-state index is -0.216. The smallest absolute Gasteiger partial charge is 0.154 e. The van der Waals surface area contributed by atoms with Crippen molar-refractivity contribution in [2.45, 2.75) is 24.6 Å². The Morgan fingerprint density at radius 1 is 1.46 bits per heavy atom. The van der Waals surface area contributed by atoms with E-state index in [9.17, 15) is 8.78 Å². The Bertz CT molecular complexity index is 695. The molecule has 0 aromatic heterocycles. The number of nitrogens with two attached hydrogens (primary N) is 1. The molecule has 2 aliphatic rings. The molecule has 3 atom stereocenters. The average molecular weight is 479 g/mol. The maximum Gasteiger partial charge on any atom is 0.154 e. The summed E-state index contributed by atoms with van der Waals surface area (Å²) in [6.07, 6.45) is 1.07. The van der Waals surface area contributed by atoms with Crippen molar-refractivity contribution in [3.8, 4) is 17.2 Å². The van der Waals surface area contributed by atoms with Gasteiger partial charge in [-0.05, 0) is 44.7 Å². The second-order valence-electron chi connectivity index (χ2n) is 4.73. The first-order valence-corrected chi connectivity index (χ1v) is 11.1. The van der Waals surface area contributed by atoms with Crippen molar-refractivity contribution in [1.82, 2.24) is 0 Å². The van der Waals surface area contributed by atoms with E-state index in [4.69, 9.17) is 11.0 Å². The fourth-order valence-electron chi connectivity index (χ4n) is 2.30. The first-order valence-electron chi connectivity index (χ1n) is 6.87. The van der Waals surface area contributed by atoms with Gasteiger partial charge in [-0.2, -0.15) is 5.26 Å². The average Bonchev–Trinajstić information content (AvgIpc) is 3.35. The van der Waals surface area contributed by atoms with Crippen molar-refractivity contribution >= 4 is 47.1 Å². The van der Waals surface area contributed by atoms with Crippen LogP contribution in [0.4, 0.5) is 8.78 Å². The van der Waals surface area contributed by atoms with Crippen molar-refractivity contribution in [3.63, 3.8) is 0 Å². The van der Waals surface area contributed by atoms with Crippen LogP contribution >= 0.6 is 41.9 Å². The van der Waals surface area contributed by atoms with Crippen molar-refractivity contribution in [1.29, 1.82) is 5.26 Å². The normalized spacial score (nSPS) is 22.7. The number of hydrogen-bond acceptors (Lipinski definition) is 5. The van der Waals surface area contributed by atoms with E-state index in [1.807, 2.05) is 6.07 Å². The van der Waals surface area contributed by atoms with Crippen molar-refractivity contribution in [3.05, 3.63) is 35.1 Å². The second kappa shape index (κ2) is 10.8. The number of amidine groups is 1. The van der Waals surface area contributed by atoms with Gasteiger partial charge < -0.3 is 5.73 Å².